The molecule has 1 aromatic carbocycles. The number of anilines is 1. The number of halogens is 1. The van der Waals surface area contributed by atoms with E-state index in [0.717, 1.165) is 28.4 Å². The fourth-order valence-corrected chi connectivity index (χ4v) is 5.43. The Morgan fingerprint density at radius 1 is 1.40 bits per heavy atom. The number of hydrogen-bond acceptors (Lipinski definition) is 6. The Labute approximate surface area is 174 Å². The van der Waals surface area contributed by atoms with Gasteiger partial charge in [0.2, 0.25) is 21.7 Å². The van der Waals surface area contributed by atoms with Gasteiger partial charge in [-0.05, 0) is 49.6 Å². The molecule has 0 saturated carbocycles. The number of sulfonamides is 1. The zero-order valence-electron chi connectivity index (χ0n) is 16.6. The van der Waals surface area contributed by atoms with Crippen LogP contribution in [0.25, 0.3) is 4.85 Å². The van der Waals surface area contributed by atoms with Gasteiger partial charge in [-0.2, -0.15) is 0 Å². The molecule has 30 heavy (non-hydrogen) atoms. The van der Waals surface area contributed by atoms with Crippen molar-refractivity contribution in [2.24, 2.45) is 10.7 Å². The van der Waals surface area contributed by atoms with E-state index in [2.05, 4.69) is 20.1 Å². The maximum atomic E-state index is 14.7. The molecule has 156 valence electrons. The van der Waals surface area contributed by atoms with Crippen molar-refractivity contribution in [3.63, 3.8) is 0 Å². The van der Waals surface area contributed by atoms with Crippen molar-refractivity contribution in [1.82, 2.24) is 9.29 Å². The number of aliphatic imine (C=N–C) groups is 1. The van der Waals surface area contributed by atoms with Crippen molar-refractivity contribution in [3.8, 4) is 0 Å². The molecule has 0 radical (unpaired) electrons. The Kier molecular flexibility index (Phi) is 4.66. The first kappa shape index (κ1) is 20.1. The summed E-state index contributed by atoms with van der Waals surface area (Å²) in [5.74, 6) is -1.11. The standard InChI is InChI=1S/C20H21FN6O2S/c1-20(11-30(28,29)27(3)19(22)26-20)15-9-13(5-6-16(15)21)25-17-7-4-12-8-14(23-2)10-24-18(12)17/h5-6,8-10,17,25H,4,7,11H2,1,3H3,(H2,22,26)/t17-,20+/m1/s1. The van der Waals surface area contributed by atoms with E-state index in [1.807, 2.05) is 6.07 Å². The topological polar surface area (TPSA) is 105 Å². The number of nitrogens with one attached hydrogen (secondary N) is 1. The number of pyridine rings is 1. The van der Waals surface area contributed by atoms with E-state index >= 15 is 0 Å². The van der Waals surface area contributed by atoms with Gasteiger partial charge in [0.15, 0.2) is 0 Å². The van der Waals surface area contributed by atoms with Crippen molar-refractivity contribution < 1.29 is 12.8 Å². The first-order valence-electron chi connectivity index (χ1n) is 9.38. The van der Waals surface area contributed by atoms with E-state index in [1.54, 1.807) is 25.3 Å². The lowest BCUT2D eigenvalue weighted by molar-refractivity contribution is 0.458. The summed E-state index contributed by atoms with van der Waals surface area (Å²) < 4.78 is 40.5. The van der Waals surface area contributed by atoms with E-state index in [1.165, 1.54) is 13.1 Å². The summed E-state index contributed by atoms with van der Waals surface area (Å²) in [5.41, 5.74) is 7.63. The van der Waals surface area contributed by atoms with Crippen LogP contribution in [0.15, 0.2) is 35.5 Å². The number of benzene rings is 1. The summed E-state index contributed by atoms with van der Waals surface area (Å²) in [6.07, 6.45) is 3.13. The van der Waals surface area contributed by atoms with Gasteiger partial charge in [0.1, 0.15) is 11.4 Å². The molecule has 0 spiro atoms. The minimum absolute atomic E-state index is 0.0827. The van der Waals surface area contributed by atoms with Crippen LogP contribution in [-0.4, -0.2) is 36.5 Å². The third kappa shape index (κ3) is 3.35. The fourth-order valence-electron chi connectivity index (χ4n) is 3.98. The van der Waals surface area contributed by atoms with Gasteiger partial charge in [0.25, 0.3) is 0 Å². The van der Waals surface area contributed by atoms with Gasteiger partial charge >= 0.3 is 0 Å². The molecule has 0 bridgehead atoms. The molecule has 0 unspecified atom stereocenters. The molecule has 0 saturated heterocycles. The molecule has 2 atom stereocenters. The number of fused-ring (bicyclic) bond motifs is 1. The molecule has 0 fully saturated rings. The zero-order chi connectivity index (χ0) is 21.7. The highest BCUT2D eigenvalue weighted by Crippen LogP contribution is 2.37. The summed E-state index contributed by atoms with van der Waals surface area (Å²) in [5, 5.41) is 3.35. The second-order valence-electron chi connectivity index (χ2n) is 7.75. The number of guanidine groups is 1. The molecule has 4 rings (SSSR count). The Bertz CT molecular complexity index is 1210. The zero-order valence-corrected chi connectivity index (χ0v) is 17.4. The molecule has 2 aliphatic rings. The minimum Gasteiger partial charge on any atom is -0.377 e. The summed E-state index contributed by atoms with van der Waals surface area (Å²) >= 11 is 0. The SMILES string of the molecule is [C-]#[N+]c1cnc2c(c1)CC[C@H]2Nc1ccc(F)c([C@]2(C)CS(=O)(=O)N(C)C(N)=N2)c1. The first-order chi connectivity index (χ1) is 14.1. The molecule has 0 amide bonds. The molecule has 8 nitrogen and oxygen atoms in total. The third-order valence-corrected chi connectivity index (χ3v) is 7.55. The van der Waals surface area contributed by atoms with Crippen molar-refractivity contribution in [2.45, 2.75) is 31.3 Å². The van der Waals surface area contributed by atoms with Crippen LogP contribution in [0.2, 0.25) is 0 Å². The van der Waals surface area contributed by atoms with Crippen molar-refractivity contribution in [3.05, 3.63) is 64.5 Å². The predicted octanol–water partition coefficient (Wildman–Crippen LogP) is 2.68. The van der Waals surface area contributed by atoms with Crippen LogP contribution in [0.5, 0.6) is 0 Å². The number of rotatable bonds is 3. The Morgan fingerprint density at radius 3 is 2.87 bits per heavy atom. The maximum absolute atomic E-state index is 14.7. The van der Waals surface area contributed by atoms with Crippen molar-refractivity contribution >= 4 is 27.4 Å². The van der Waals surface area contributed by atoms with Gasteiger partial charge in [-0.1, -0.05) is 0 Å². The van der Waals surface area contributed by atoms with Crippen LogP contribution in [0, 0.1) is 12.4 Å². The second kappa shape index (κ2) is 6.95. The van der Waals surface area contributed by atoms with Gasteiger partial charge < -0.3 is 11.1 Å². The molecule has 10 heteroatoms. The highest BCUT2D eigenvalue weighted by atomic mass is 32.2. The van der Waals surface area contributed by atoms with Crippen LogP contribution in [-0.2, 0) is 22.0 Å². The lowest BCUT2D eigenvalue weighted by atomic mass is 9.93. The number of nitrogens with zero attached hydrogens (tertiary/aromatic N) is 4. The lowest BCUT2D eigenvalue weighted by Crippen LogP contribution is -2.50. The number of hydrogen-bond donors (Lipinski definition) is 2. The number of aryl methyl sites for hydroxylation is 1. The summed E-state index contributed by atoms with van der Waals surface area (Å²) in [6, 6.07) is 6.24. The minimum atomic E-state index is -3.71. The summed E-state index contributed by atoms with van der Waals surface area (Å²) in [6.45, 7) is 8.68. The first-order valence-corrected chi connectivity index (χ1v) is 11.0. The Morgan fingerprint density at radius 2 is 2.17 bits per heavy atom. The molecule has 2 heterocycles. The normalized spacial score (nSPS) is 24.7. The van der Waals surface area contributed by atoms with Gasteiger partial charge in [-0.15, -0.1) is 0 Å². The fraction of sp³-hybridized carbons (Fsp3) is 0.350. The average molecular weight is 428 g/mol. The van der Waals surface area contributed by atoms with Crippen molar-refractivity contribution in [1.29, 1.82) is 0 Å². The summed E-state index contributed by atoms with van der Waals surface area (Å²) in [4.78, 5) is 12.1. The lowest BCUT2D eigenvalue weighted by Gasteiger charge is -2.34. The maximum Gasteiger partial charge on any atom is 0.239 e. The second-order valence-corrected chi connectivity index (χ2v) is 9.75. The molecule has 1 aromatic heterocycles. The highest BCUT2D eigenvalue weighted by Gasteiger charge is 2.41. The quantitative estimate of drug-likeness (QED) is 0.732. The molecule has 3 N–H and O–H groups in total. The van der Waals surface area contributed by atoms with Crippen LogP contribution in [0.4, 0.5) is 15.8 Å². The molecule has 1 aliphatic carbocycles. The summed E-state index contributed by atoms with van der Waals surface area (Å²) in [7, 11) is -2.38. The molecule has 2 aromatic rings. The van der Waals surface area contributed by atoms with E-state index < -0.39 is 21.4 Å². The van der Waals surface area contributed by atoms with Crippen molar-refractivity contribution in [2.75, 3.05) is 18.1 Å². The van der Waals surface area contributed by atoms with E-state index in [9.17, 15) is 12.8 Å². The van der Waals surface area contributed by atoms with E-state index in [-0.39, 0.29) is 23.3 Å². The van der Waals surface area contributed by atoms with Gasteiger partial charge in [0, 0.05) is 24.5 Å². The molecular formula is C20H21FN6O2S. The van der Waals surface area contributed by atoms with Crippen LogP contribution in [0.3, 0.4) is 0 Å². The third-order valence-electron chi connectivity index (χ3n) is 5.60. The Balaban J connectivity index is 1.67. The Hall–Kier alpha value is -3.19. The predicted molar refractivity (Wildman–Crippen MR) is 112 cm³/mol. The van der Waals surface area contributed by atoms with Crippen LogP contribution >= 0.6 is 0 Å². The smallest absolute Gasteiger partial charge is 0.239 e. The monoisotopic (exact) mass is 428 g/mol. The van der Waals surface area contributed by atoms with Gasteiger partial charge in [-0.3, -0.25) is 4.98 Å². The van der Waals surface area contributed by atoms with Crippen LogP contribution in [0.1, 0.15) is 36.2 Å². The van der Waals surface area contributed by atoms with E-state index in [4.69, 9.17) is 12.3 Å². The highest BCUT2D eigenvalue weighted by molar-refractivity contribution is 7.89. The van der Waals surface area contributed by atoms with Gasteiger partial charge in [-0.25, -0.2) is 27.0 Å². The van der Waals surface area contributed by atoms with Crippen LogP contribution < -0.4 is 11.1 Å². The van der Waals surface area contributed by atoms with Gasteiger partial charge in [0.05, 0.1) is 24.1 Å². The molecule has 1 aliphatic heterocycles. The largest absolute Gasteiger partial charge is 0.377 e. The number of aromatic nitrogens is 1. The average Bonchev–Trinajstić information content (AvgIpc) is 3.09. The number of nitrogens with two attached hydrogens (primary N) is 1. The molecular weight excluding hydrogens is 407 g/mol. The van der Waals surface area contributed by atoms with E-state index in [0.29, 0.717) is 11.4 Å².